The lowest BCUT2D eigenvalue weighted by atomic mass is 10.1. The highest BCUT2D eigenvalue weighted by Gasteiger charge is 2.17. The fourth-order valence-electron chi connectivity index (χ4n) is 3.03. The second-order valence-electron chi connectivity index (χ2n) is 6.33. The van der Waals surface area contributed by atoms with Crippen LogP contribution >= 0.6 is 0 Å². The highest BCUT2D eigenvalue weighted by atomic mass is 16.1. The first-order valence-electron chi connectivity index (χ1n) is 8.18. The van der Waals surface area contributed by atoms with E-state index in [1.54, 1.807) is 21.5 Å². The van der Waals surface area contributed by atoms with Gasteiger partial charge < -0.3 is 0 Å². The molecule has 8 heteroatoms. The van der Waals surface area contributed by atoms with Crippen molar-refractivity contribution >= 4 is 27.7 Å². The summed E-state index contributed by atoms with van der Waals surface area (Å²) in [5.74, 6) is 1.06. The Morgan fingerprint density at radius 3 is 2.71 bits per heavy atom. The van der Waals surface area contributed by atoms with E-state index in [-0.39, 0.29) is 5.56 Å². The summed E-state index contributed by atoms with van der Waals surface area (Å²) in [6.45, 7) is 7.61. The molecule has 0 aromatic carbocycles. The number of nitrogens with zero attached hydrogens (tertiary/aromatic N) is 7. The molecule has 0 aliphatic carbocycles. The van der Waals surface area contributed by atoms with E-state index in [0.29, 0.717) is 30.2 Å². The SMILES string of the molecule is CCn1ncc2c1ncc1c(=O)n(CCC(C)C)c3ncnn3c12. The van der Waals surface area contributed by atoms with Gasteiger partial charge in [-0.15, -0.1) is 0 Å². The minimum Gasteiger partial charge on any atom is -0.276 e. The van der Waals surface area contributed by atoms with E-state index in [1.165, 1.54) is 6.33 Å². The van der Waals surface area contributed by atoms with Gasteiger partial charge in [-0.25, -0.2) is 9.67 Å². The van der Waals surface area contributed by atoms with E-state index in [1.807, 2.05) is 11.6 Å². The molecule has 124 valence electrons. The van der Waals surface area contributed by atoms with Crippen LogP contribution in [0.3, 0.4) is 0 Å². The molecule has 0 amide bonds. The summed E-state index contributed by atoms with van der Waals surface area (Å²) in [5.41, 5.74) is 1.39. The molecule has 4 aromatic heterocycles. The van der Waals surface area contributed by atoms with Crippen molar-refractivity contribution in [1.82, 2.24) is 33.9 Å². The molecule has 0 bridgehead atoms. The Kier molecular flexibility index (Phi) is 3.33. The number of fused-ring (bicyclic) bond motifs is 5. The first kappa shape index (κ1) is 14.8. The topological polar surface area (TPSA) is 82.9 Å². The van der Waals surface area contributed by atoms with E-state index in [9.17, 15) is 4.79 Å². The molecule has 0 N–H and O–H groups in total. The summed E-state index contributed by atoms with van der Waals surface area (Å²) in [6.07, 6.45) is 5.75. The predicted molar refractivity (Wildman–Crippen MR) is 91.0 cm³/mol. The zero-order valence-corrected chi connectivity index (χ0v) is 14.0. The largest absolute Gasteiger partial charge is 0.276 e. The molecular formula is C16H19N7O. The Bertz CT molecular complexity index is 1100. The molecule has 4 heterocycles. The molecule has 4 rings (SSSR count). The fraction of sp³-hybridized carbons (Fsp3) is 0.438. The molecule has 0 atom stereocenters. The van der Waals surface area contributed by atoms with Crippen LogP contribution in [0.2, 0.25) is 0 Å². The zero-order valence-electron chi connectivity index (χ0n) is 14.0. The van der Waals surface area contributed by atoms with Gasteiger partial charge in [0, 0.05) is 19.3 Å². The molecule has 0 aliphatic heterocycles. The van der Waals surface area contributed by atoms with Crippen LogP contribution in [0.5, 0.6) is 0 Å². The lowest BCUT2D eigenvalue weighted by molar-refractivity contribution is 0.512. The predicted octanol–water partition coefficient (Wildman–Crippen LogP) is 1.85. The number of aryl methyl sites for hydroxylation is 2. The van der Waals surface area contributed by atoms with Gasteiger partial charge in [0.2, 0.25) is 5.78 Å². The van der Waals surface area contributed by atoms with Crippen LogP contribution in [0.25, 0.3) is 27.7 Å². The van der Waals surface area contributed by atoms with Gasteiger partial charge in [0.1, 0.15) is 6.33 Å². The van der Waals surface area contributed by atoms with Gasteiger partial charge in [0.15, 0.2) is 5.65 Å². The average molecular weight is 325 g/mol. The van der Waals surface area contributed by atoms with Gasteiger partial charge in [-0.1, -0.05) is 13.8 Å². The smallest absolute Gasteiger partial charge is 0.264 e. The van der Waals surface area contributed by atoms with Crippen LogP contribution in [0.4, 0.5) is 0 Å². The normalized spacial score (nSPS) is 12.2. The maximum absolute atomic E-state index is 13.0. The molecule has 0 fully saturated rings. The quantitative estimate of drug-likeness (QED) is 0.572. The van der Waals surface area contributed by atoms with Crippen molar-refractivity contribution in [3.63, 3.8) is 0 Å². The summed E-state index contributed by atoms with van der Waals surface area (Å²) in [5, 5.41) is 10.1. The van der Waals surface area contributed by atoms with Crippen molar-refractivity contribution in [2.45, 2.75) is 40.3 Å². The fourth-order valence-corrected chi connectivity index (χ4v) is 3.03. The molecule has 0 radical (unpaired) electrons. The molecule has 0 spiro atoms. The van der Waals surface area contributed by atoms with Crippen LogP contribution in [0, 0.1) is 5.92 Å². The monoisotopic (exact) mass is 325 g/mol. The Hall–Kier alpha value is -2.77. The number of rotatable bonds is 4. The maximum Gasteiger partial charge on any atom is 0.264 e. The summed E-state index contributed by atoms with van der Waals surface area (Å²) in [7, 11) is 0. The minimum atomic E-state index is -0.0789. The van der Waals surface area contributed by atoms with Gasteiger partial charge in [-0.05, 0) is 19.3 Å². The van der Waals surface area contributed by atoms with Crippen molar-refractivity contribution < 1.29 is 0 Å². The van der Waals surface area contributed by atoms with E-state index in [4.69, 9.17) is 0 Å². The van der Waals surface area contributed by atoms with Gasteiger partial charge >= 0.3 is 0 Å². The van der Waals surface area contributed by atoms with Crippen molar-refractivity contribution in [3.05, 3.63) is 29.1 Å². The zero-order chi connectivity index (χ0) is 16.8. The number of pyridine rings is 1. The molecule has 8 nitrogen and oxygen atoms in total. The van der Waals surface area contributed by atoms with Crippen LogP contribution in [0.1, 0.15) is 27.2 Å². The second kappa shape index (κ2) is 5.40. The second-order valence-corrected chi connectivity index (χ2v) is 6.33. The van der Waals surface area contributed by atoms with Crippen molar-refractivity contribution in [2.75, 3.05) is 0 Å². The molecule has 0 saturated heterocycles. The lowest BCUT2D eigenvalue weighted by Gasteiger charge is -2.11. The third-order valence-corrected chi connectivity index (χ3v) is 4.33. The molecule has 4 aromatic rings. The van der Waals surface area contributed by atoms with E-state index in [2.05, 4.69) is 34.0 Å². The Labute approximate surface area is 137 Å². The lowest BCUT2D eigenvalue weighted by Crippen LogP contribution is -2.24. The number of hydrogen-bond acceptors (Lipinski definition) is 5. The van der Waals surface area contributed by atoms with Crippen molar-refractivity contribution in [1.29, 1.82) is 0 Å². The summed E-state index contributed by atoms with van der Waals surface area (Å²) < 4.78 is 5.22. The van der Waals surface area contributed by atoms with E-state index < -0.39 is 0 Å². The third-order valence-electron chi connectivity index (χ3n) is 4.33. The van der Waals surface area contributed by atoms with E-state index >= 15 is 0 Å². The number of aromatic nitrogens is 7. The summed E-state index contributed by atoms with van der Waals surface area (Å²) in [6, 6.07) is 0. The first-order valence-corrected chi connectivity index (χ1v) is 8.18. The number of hydrogen-bond donors (Lipinski definition) is 0. The van der Waals surface area contributed by atoms with Crippen molar-refractivity contribution in [3.8, 4) is 0 Å². The van der Waals surface area contributed by atoms with Gasteiger partial charge in [-0.2, -0.15) is 19.7 Å². The molecule has 0 aliphatic rings. The molecule has 0 saturated carbocycles. The standard InChI is InChI=1S/C16H19N7O/c1-4-22-14-11(8-19-22)13-12(7-17-14)15(24)21(6-5-10(2)3)16-18-9-20-23(13)16/h7-10H,4-6H2,1-3H3. The first-order chi connectivity index (χ1) is 11.6. The average Bonchev–Trinajstić information content (AvgIpc) is 3.20. The highest BCUT2D eigenvalue weighted by Crippen LogP contribution is 2.22. The van der Waals surface area contributed by atoms with Crippen LogP contribution in [0.15, 0.2) is 23.5 Å². The third kappa shape index (κ3) is 2.02. The molecule has 0 unspecified atom stereocenters. The Morgan fingerprint density at radius 2 is 1.96 bits per heavy atom. The minimum absolute atomic E-state index is 0.0789. The van der Waals surface area contributed by atoms with Crippen LogP contribution in [-0.2, 0) is 13.1 Å². The van der Waals surface area contributed by atoms with Gasteiger partial charge in [0.05, 0.1) is 22.5 Å². The molecule has 24 heavy (non-hydrogen) atoms. The Morgan fingerprint density at radius 1 is 1.12 bits per heavy atom. The molecular weight excluding hydrogens is 306 g/mol. The van der Waals surface area contributed by atoms with Crippen molar-refractivity contribution in [2.24, 2.45) is 5.92 Å². The van der Waals surface area contributed by atoms with Crippen LogP contribution in [-0.4, -0.2) is 33.9 Å². The maximum atomic E-state index is 13.0. The Balaban J connectivity index is 2.11. The van der Waals surface area contributed by atoms with Gasteiger partial charge in [-0.3, -0.25) is 9.36 Å². The van der Waals surface area contributed by atoms with E-state index in [0.717, 1.165) is 23.0 Å². The summed E-state index contributed by atoms with van der Waals surface area (Å²) in [4.78, 5) is 21.8. The van der Waals surface area contributed by atoms with Crippen LogP contribution < -0.4 is 5.56 Å². The van der Waals surface area contributed by atoms with Gasteiger partial charge in [0.25, 0.3) is 5.56 Å². The summed E-state index contributed by atoms with van der Waals surface area (Å²) >= 11 is 0. The highest BCUT2D eigenvalue weighted by molar-refractivity contribution is 6.02.